The van der Waals surface area contributed by atoms with Gasteiger partial charge in [-0.1, -0.05) is 11.6 Å². The normalized spacial score (nSPS) is 12.7. The van der Waals surface area contributed by atoms with Crippen molar-refractivity contribution in [3.8, 4) is 0 Å². The molecular formula is C10H9ClN2OS2. The highest BCUT2D eigenvalue weighted by atomic mass is 35.5. The molecule has 2 rings (SSSR count). The third-order valence-electron chi connectivity index (χ3n) is 1.97. The van der Waals surface area contributed by atoms with E-state index in [0.717, 1.165) is 5.01 Å². The van der Waals surface area contributed by atoms with E-state index in [1.807, 2.05) is 6.92 Å². The Balaban J connectivity index is 2.31. The highest BCUT2D eigenvalue weighted by Crippen LogP contribution is 2.26. The van der Waals surface area contributed by atoms with Crippen LogP contribution in [0.2, 0.25) is 5.02 Å². The summed E-state index contributed by atoms with van der Waals surface area (Å²) in [6.07, 6.45) is 0. The molecule has 0 aromatic carbocycles. The number of ketones is 1. The van der Waals surface area contributed by atoms with Gasteiger partial charge in [0.2, 0.25) is 5.78 Å². The molecule has 1 atom stereocenters. The summed E-state index contributed by atoms with van der Waals surface area (Å²) in [4.78, 5) is 16.7. The van der Waals surface area contributed by atoms with Crippen LogP contribution in [0.3, 0.4) is 0 Å². The van der Waals surface area contributed by atoms with Crippen LogP contribution in [0.25, 0.3) is 0 Å². The average molecular weight is 273 g/mol. The first-order chi connectivity index (χ1) is 7.59. The van der Waals surface area contributed by atoms with Crippen molar-refractivity contribution in [3.05, 3.63) is 37.4 Å². The maximum absolute atomic E-state index is 12.0. The van der Waals surface area contributed by atoms with Crippen molar-refractivity contribution in [2.75, 3.05) is 0 Å². The second-order valence-corrected chi connectivity index (χ2v) is 5.50. The Bertz CT molecular complexity index is 518. The van der Waals surface area contributed by atoms with Gasteiger partial charge in [0, 0.05) is 5.38 Å². The molecule has 0 saturated heterocycles. The second kappa shape index (κ2) is 4.63. The summed E-state index contributed by atoms with van der Waals surface area (Å²) in [6, 6.07) is 1.56. The van der Waals surface area contributed by atoms with E-state index >= 15 is 0 Å². The van der Waals surface area contributed by atoms with E-state index in [1.165, 1.54) is 22.7 Å². The number of nitrogens with two attached hydrogens (primary N) is 1. The molecule has 0 radical (unpaired) electrons. The molecule has 2 aromatic rings. The fourth-order valence-corrected chi connectivity index (χ4v) is 3.02. The molecule has 2 N–H and O–H groups in total. The van der Waals surface area contributed by atoms with Gasteiger partial charge in [0.25, 0.3) is 0 Å². The lowest BCUT2D eigenvalue weighted by Gasteiger charge is -1.97. The van der Waals surface area contributed by atoms with Gasteiger partial charge >= 0.3 is 0 Å². The molecule has 0 fully saturated rings. The van der Waals surface area contributed by atoms with Gasteiger partial charge in [0.05, 0.1) is 15.9 Å². The Labute approximate surface area is 106 Å². The molecule has 1 unspecified atom stereocenters. The van der Waals surface area contributed by atoms with Gasteiger partial charge in [0.1, 0.15) is 10.7 Å². The average Bonchev–Trinajstić information content (AvgIpc) is 2.84. The fourth-order valence-electron chi connectivity index (χ4n) is 1.17. The first-order valence-electron chi connectivity index (χ1n) is 4.58. The van der Waals surface area contributed by atoms with Gasteiger partial charge in [-0.05, 0) is 18.4 Å². The van der Waals surface area contributed by atoms with Gasteiger partial charge in [-0.15, -0.1) is 22.7 Å². The Morgan fingerprint density at radius 1 is 1.56 bits per heavy atom. The van der Waals surface area contributed by atoms with Crippen molar-refractivity contribution >= 4 is 40.1 Å². The second-order valence-electron chi connectivity index (χ2n) is 3.29. The van der Waals surface area contributed by atoms with E-state index in [1.54, 1.807) is 16.8 Å². The smallest absolute Gasteiger partial charge is 0.223 e. The Kier molecular flexibility index (Phi) is 3.39. The molecule has 0 bridgehead atoms. The zero-order valence-electron chi connectivity index (χ0n) is 8.44. The van der Waals surface area contributed by atoms with E-state index in [2.05, 4.69) is 4.98 Å². The minimum atomic E-state index is -0.148. The largest absolute Gasteiger partial charge is 0.322 e. The molecule has 2 aromatic heterocycles. The Morgan fingerprint density at radius 2 is 2.31 bits per heavy atom. The third kappa shape index (κ3) is 2.17. The third-order valence-corrected chi connectivity index (χ3v) is 4.35. The predicted octanol–water partition coefficient (Wildman–Crippen LogP) is 3.11. The van der Waals surface area contributed by atoms with Crippen molar-refractivity contribution < 1.29 is 4.79 Å². The van der Waals surface area contributed by atoms with Gasteiger partial charge in [-0.2, -0.15) is 0 Å². The van der Waals surface area contributed by atoms with E-state index in [0.29, 0.717) is 15.6 Å². The summed E-state index contributed by atoms with van der Waals surface area (Å²) >= 11 is 8.61. The van der Waals surface area contributed by atoms with Gasteiger partial charge in [-0.25, -0.2) is 4.98 Å². The van der Waals surface area contributed by atoms with E-state index in [4.69, 9.17) is 17.3 Å². The molecule has 6 heteroatoms. The summed E-state index contributed by atoms with van der Waals surface area (Å²) in [5.41, 5.74) is 6.11. The molecule has 0 amide bonds. The Morgan fingerprint density at radius 3 is 2.81 bits per heavy atom. The minimum Gasteiger partial charge on any atom is -0.322 e. The molecule has 0 aliphatic rings. The maximum Gasteiger partial charge on any atom is 0.223 e. The number of hydrogen-bond acceptors (Lipinski definition) is 5. The lowest BCUT2D eigenvalue weighted by molar-refractivity contribution is 0.103. The quantitative estimate of drug-likeness (QED) is 0.874. The highest BCUT2D eigenvalue weighted by Gasteiger charge is 2.18. The minimum absolute atomic E-state index is 0.136. The first-order valence-corrected chi connectivity index (χ1v) is 6.72. The summed E-state index contributed by atoms with van der Waals surface area (Å²) in [5.74, 6) is -0.136. The topological polar surface area (TPSA) is 56.0 Å². The molecule has 2 heterocycles. The number of aromatic nitrogens is 1. The lowest BCUT2D eigenvalue weighted by atomic mass is 10.2. The summed E-state index contributed by atoms with van der Waals surface area (Å²) < 4.78 is 0. The highest BCUT2D eigenvalue weighted by molar-refractivity contribution is 7.13. The number of hydrogen-bond donors (Lipinski definition) is 1. The van der Waals surface area contributed by atoms with Crippen LogP contribution in [0.5, 0.6) is 0 Å². The van der Waals surface area contributed by atoms with Crippen LogP contribution in [0.15, 0.2) is 16.8 Å². The molecule has 84 valence electrons. The van der Waals surface area contributed by atoms with E-state index in [-0.39, 0.29) is 11.8 Å². The molecule has 0 aliphatic carbocycles. The number of halogens is 1. The summed E-state index contributed by atoms with van der Waals surface area (Å²) in [5, 5.41) is 4.74. The van der Waals surface area contributed by atoms with Crippen LogP contribution in [-0.2, 0) is 0 Å². The molecule has 16 heavy (non-hydrogen) atoms. The number of rotatable bonds is 3. The van der Waals surface area contributed by atoms with E-state index < -0.39 is 0 Å². The van der Waals surface area contributed by atoms with Crippen LogP contribution in [0.1, 0.15) is 33.3 Å². The zero-order valence-corrected chi connectivity index (χ0v) is 10.8. The maximum atomic E-state index is 12.0. The fraction of sp³-hybridized carbons (Fsp3) is 0.200. The summed E-state index contributed by atoms with van der Waals surface area (Å²) in [7, 11) is 0. The molecular weight excluding hydrogens is 264 g/mol. The van der Waals surface area contributed by atoms with Gasteiger partial charge in [-0.3, -0.25) is 4.79 Å². The summed E-state index contributed by atoms with van der Waals surface area (Å²) in [6.45, 7) is 1.84. The molecule has 0 saturated carbocycles. The number of thiazole rings is 1. The lowest BCUT2D eigenvalue weighted by Crippen LogP contribution is -2.06. The molecule has 0 aliphatic heterocycles. The van der Waals surface area contributed by atoms with Crippen molar-refractivity contribution in [2.24, 2.45) is 5.73 Å². The van der Waals surface area contributed by atoms with E-state index in [9.17, 15) is 4.79 Å². The number of carbonyl (C=O) groups is 1. The number of nitrogens with zero attached hydrogens (tertiary/aromatic N) is 1. The Hall–Kier alpha value is -0.750. The SMILES string of the molecule is CC(N)c1nc(C(=O)c2sccc2Cl)cs1. The van der Waals surface area contributed by atoms with Crippen LogP contribution < -0.4 is 5.73 Å². The van der Waals surface area contributed by atoms with Gasteiger partial charge in [0.15, 0.2) is 0 Å². The molecule has 3 nitrogen and oxygen atoms in total. The van der Waals surface area contributed by atoms with Crippen molar-refractivity contribution in [2.45, 2.75) is 13.0 Å². The van der Waals surface area contributed by atoms with Crippen LogP contribution in [0.4, 0.5) is 0 Å². The number of thiophene rings is 1. The van der Waals surface area contributed by atoms with Crippen molar-refractivity contribution in [1.82, 2.24) is 4.98 Å². The zero-order chi connectivity index (χ0) is 11.7. The van der Waals surface area contributed by atoms with Crippen molar-refractivity contribution in [3.63, 3.8) is 0 Å². The molecule has 0 spiro atoms. The first kappa shape index (κ1) is 11.7. The van der Waals surface area contributed by atoms with Crippen LogP contribution >= 0.6 is 34.3 Å². The van der Waals surface area contributed by atoms with Gasteiger partial charge < -0.3 is 5.73 Å². The van der Waals surface area contributed by atoms with Crippen LogP contribution in [-0.4, -0.2) is 10.8 Å². The number of carbonyl (C=O) groups excluding carboxylic acids is 1. The predicted molar refractivity (Wildman–Crippen MR) is 67.5 cm³/mol. The van der Waals surface area contributed by atoms with Crippen LogP contribution in [0, 0.1) is 0 Å². The monoisotopic (exact) mass is 272 g/mol. The standard InChI is InChI=1S/C10H9ClN2OS2/c1-5(12)10-13-7(4-16-10)8(14)9-6(11)2-3-15-9/h2-5H,12H2,1H3. The van der Waals surface area contributed by atoms with Crippen molar-refractivity contribution in [1.29, 1.82) is 0 Å².